The van der Waals surface area contributed by atoms with Gasteiger partial charge in [-0.1, -0.05) is 99.7 Å². The fourth-order valence-corrected chi connectivity index (χ4v) is 5.25. The number of rotatable bonds is 20. The third-order valence-corrected chi connectivity index (χ3v) is 8.15. The first-order chi connectivity index (χ1) is 25.3. The Kier molecular flexibility index (Phi) is 20.9. The van der Waals surface area contributed by atoms with Gasteiger partial charge in [0.2, 0.25) is 0 Å². The Bertz CT molecular complexity index is 1840. The van der Waals surface area contributed by atoms with Crippen LogP contribution in [-0.2, 0) is 14.8 Å². The minimum Gasteiger partial charge on any atom is -0.426 e. The molecule has 0 aliphatic carbocycles. The first-order valence-corrected chi connectivity index (χ1v) is 19.0. The number of pyridine rings is 1. The van der Waals surface area contributed by atoms with E-state index in [1.807, 2.05) is 26.0 Å². The van der Waals surface area contributed by atoms with Gasteiger partial charge >= 0.3 is 5.97 Å². The van der Waals surface area contributed by atoms with Gasteiger partial charge in [-0.2, -0.15) is 10.2 Å². The van der Waals surface area contributed by atoms with Crippen molar-refractivity contribution in [2.75, 3.05) is 4.72 Å². The smallest absolute Gasteiger partial charge is 0.315 e. The summed E-state index contributed by atoms with van der Waals surface area (Å²) in [6.45, 7) is 7.51. The van der Waals surface area contributed by atoms with Crippen LogP contribution in [0.4, 0.5) is 17.2 Å². The Morgan fingerprint density at radius 2 is 1.23 bits per heavy atom. The first-order valence-electron chi connectivity index (χ1n) is 17.5. The molecule has 3 aromatic rings. The molecule has 274 valence electrons. The molecule has 0 unspecified atom stereocenters. The van der Waals surface area contributed by atoms with Crippen LogP contribution in [0.3, 0.4) is 0 Å². The molecule has 0 saturated carbocycles. The molecule has 3 rings (SSSR count). The van der Waals surface area contributed by atoms with Crippen LogP contribution >= 0.6 is 0 Å². The van der Waals surface area contributed by atoms with Gasteiger partial charge in [0, 0.05) is 6.20 Å². The van der Waals surface area contributed by atoms with Crippen LogP contribution in [0.5, 0.6) is 5.75 Å². The van der Waals surface area contributed by atoms with Crippen molar-refractivity contribution in [2.24, 2.45) is 10.2 Å². The fourth-order valence-electron chi connectivity index (χ4n) is 4.24. The van der Waals surface area contributed by atoms with Gasteiger partial charge < -0.3 is 4.74 Å². The summed E-state index contributed by atoms with van der Waals surface area (Å²) in [4.78, 5) is 28.8. The van der Waals surface area contributed by atoms with E-state index < -0.39 is 16.0 Å². The predicted octanol–water partition coefficient (Wildman–Crippen LogP) is 11.5. The summed E-state index contributed by atoms with van der Waals surface area (Å²) < 4.78 is 33.1. The molecule has 0 fully saturated rings. The largest absolute Gasteiger partial charge is 0.426 e. The minimum absolute atomic E-state index is 0.0381. The highest BCUT2D eigenvalue weighted by Gasteiger charge is 2.15. The Hall–Kier alpha value is -5.48. The summed E-state index contributed by atoms with van der Waals surface area (Å²) in [5, 5.41) is 8.30. The predicted molar refractivity (Wildman–Crippen MR) is 212 cm³/mol. The molecule has 1 heterocycles. The highest BCUT2D eigenvalue weighted by molar-refractivity contribution is 7.92. The molecule has 0 aliphatic heterocycles. The Morgan fingerprint density at radius 1 is 0.712 bits per heavy atom. The van der Waals surface area contributed by atoms with Gasteiger partial charge in [0.1, 0.15) is 11.6 Å². The molecule has 10 heteroatoms. The molecule has 0 radical (unpaired) electrons. The van der Waals surface area contributed by atoms with E-state index in [0.717, 1.165) is 32.1 Å². The standard InChI is InChI=1S/C40H44N4O5S.C2H6/c1-3-4-5-6-7-8-9-10-11-12-13-14-15-16-17-18-19-20-24-40(46)49-38-30-27-35(32-37(38)33(2)45)43-42-34-25-28-36(29-26-34)50(47,48)44-39-23-21-22-31-41-39;1-2/h4-5,7-8,10-11,13-14,16-17,19-23,25-32H,3,6,9,12,15,18,24H2,1-2H3,(H,41,44);1-2H3/b5-4-,8-7-,11-10-,14-13-,17-16-,20-19-,43-42?;. The van der Waals surface area contributed by atoms with Gasteiger partial charge in [0.25, 0.3) is 10.0 Å². The maximum Gasteiger partial charge on any atom is 0.315 e. The van der Waals surface area contributed by atoms with E-state index in [2.05, 4.69) is 81.5 Å². The first kappa shape index (κ1) is 42.7. The van der Waals surface area contributed by atoms with Crippen molar-refractivity contribution in [2.45, 2.75) is 77.5 Å². The average molecular weight is 723 g/mol. The lowest BCUT2D eigenvalue weighted by molar-refractivity contribution is -0.133. The van der Waals surface area contributed by atoms with Gasteiger partial charge in [-0.3, -0.25) is 14.3 Å². The molecular weight excluding hydrogens is 673 g/mol. The maximum absolute atomic E-state index is 12.6. The normalized spacial score (nSPS) is 12.2. The topological polar surface area (TPSA) is 127 Å². The van der Waals surface area contributed by atoms with Crippen molar-refractivity contribution in [3.05, 3.63) is 145 Å². The third-order valence-electron chi connectivity index (χ3n) is 6.78. The lowest BCUT2D eigenvalue weighted by Gasteiger charge is -2.08. The van der Waals surface area contributed by atoms with Crippen LogP contribution in [0.1, 0.15) is 83.0 Å². The summed E-state index contributed by atoms with van der Waals surface area (Å²) in [6, 6.07) is 15.3. The second kappa shape index (κ2) is 25.5. The zero-order valence-electron chi connectivity index (χ0n) is 30.5. The average Bonchev–Trinajstić information content (AvgIpc) is 3.15. The van der Waals surface area contributed by atoms with E-state index in [9.17, 15) is 18.0 Å². The van der Waals surface area contributed by atoms with Crippen molar-refractivity contribution in [3.8, 4) is 5.75 Å². The third kappa shape index (κ3) is 17.4. The number of nitrogens with zero attached hydrogens (tertiary/aromatic N) is 3. The van der Waals surface area contributed by atoms with Gasteiger partial charge in [-0.05, 0) is 100 Å². The molecule has 1 aromatic heterocycles. The number of aromatic nitrogens is 1. The van der Waals surface area contributed by atoms with Crippen LogP contribution in [-0.4, -0.2) is 25.2 Å². The monoisotopic (exact) mass is 722 g/mol. The van der Waals surface area contributed by atoms with E-state index in [-0.39, 0.29) is 34.2 Å². The number of hydrogen-bond acceptors (Lipinski definition) is 8. The highest BCUT2D eigenvalue weighted by Crippen LogP contribution is 2.27. The second-order valence-electron chi connectivity index (χ2n) is 10.8. The molecule has 1 N–H and O–H groups in total. The SMILES string of the molecule is CC.CC/C=C\C/C=C\C/C=C\C/C=C\C/C=C\C/C=C\CC(=O)Oc1ccc(N=Nc2ccc(S(=O)(=O)Nc3ccccn3)cc2)cc1C(C)=O. The molecule has 0 bridgehead atoms. The van der Waals surface area contributed by atoms with Crippen molar-refractivity contribution in [1.29, 1.82) is 0 Å². The van der Waals surface area contributed by atoms with E-state index in [0.29, 0.717) is 17.8 Å². The number of ketones is 1. The number of esters is 1. The molecule has 0 atom stereocenters. The van der Waals surface area contributed by atoms with Crippen LogP contribution in [0.25, 0.3) is 0 Å². The number of allylic oxidation sites excluding steroid dienone is 11. The number of carbonyl (C=O) groups is 2. The van der Waals surface area contributed by atoms with Crippen molar-refractivity contribution in [1.82, 2.24) is 4.98 Å². The number of azo groups is 1. The molecule has 0 spiro atoms. The highest BCUT2D eigenvalue weighted by atomic mass is 32.2. The molecule has 52 heavy (non-hydrogen) atoms. The van der Waals surface area contributed by atoms with E-state index in [1.165, 1.54) is 49.5 Å². The molecule has 2 aromatic carbocycles. The summed E-state index contributed by atoms with van der Waals surface area (Å²) in [5.41, 5.74) is 0.957. The summed E-state index contributed by atoms with van der Waals surface area (Å²) >= 11 is 0. The zero-order chi connectivity index (χ0) is 37.9. The Labute approximate surface area is 309 Å². The van der Waals surface area contributed by atoms with Gasteiger partial charge in [-0.15, -0.1) is 0 Å². The van der Waals surface area contributed by atoms with Gasteiger partial charge in [-0.25, -0.2) is 13.4 Å². The van der Waals surface area contributed by atoms with Crippen LogP contribution in [0.15, 0.2) is 155 Å². The Morgan fingerprint density at radius 3 is 1.75 bits per heavy atom. The number of nitrogens with one attached hydrogen (secondary N) is 1. The maximum atomic E-state index is 12.6. The second-order valence-corrected chi connectivity index (χ2v) is 12.5. The van der Waals surface area contributed by atoms with E-state index in [1.54, 1.807) is 30.3 Å². The summed E-state index contributed by atoms with van der Waals surface area (Å²) in [7, 11) is -3.82. The van der Waals surface area contributed by atoms with Crippen molar-refractivity contribution < 1.29 is 22.7 Å². The zero-order valence-corrected chi connectivity index (χ0v) is 31.3. The van der Waals surface area contributed by atoms with Crippen LogP contribution in [0.2, 0.25) is 0 Å². The number of ether oxygens (including phenoxy) is 1. The van der Waals surface area contributed by atoms with Crippen molar-refractivity contribution >= 4 is 39.0 Å². The fraction of sp³-hybridized carbons (Fsp3) is 0.262. The lowest BCUT2D eigenvalue weighted by atomic mass is 10.1. The summed E-state index contributed by atoms with van der Waals surface area (Å²) in [6.07, 6.45) is 32.1. The molecule has 0 aliphatic rings. The summed E-state index contributed by atoms with van der Waals surface area (Å²) in [5.74, 6) is -0.439. The van der Waals surface area contributed by atoms with Gasteiger partial charge in [0.05, 0.1) is 28.3 Å². The number of benzene rings is 2. The van der Waals surface area contributed by atoms with Crippen molar-refractivity contribution in [3.63, 3.8) is 0 Å². The lowest BCUT2D eigenvalue weighted by Crippen LogP contribution is -2.13. The van der Waals surface area contributed by atoms with E-state index >= 15 is 0 Å². The molecule has 9 nitrogen and oxygen atoms in total. The number of carbonyl (C=O) groups excluding carboxylic acids is 2. The number of hydrogen-bond donors (Lipinski definition) is 1. The quantitative estimate of drug-likeness (QED) is 0.0406. The minimum atomic E-state index is -3.82. The van der Waals surface area contributed by atoms with Crippen LogP contribution in [0, 0.1) is 0 Å². The number of anilines is 1. The Balaban J connectivity index is 0.00000460. The molecular formula is C42H50N4O5S. The van der Waals surface area contributed by atoms with Gasteiger partial charge in [0.15, 0.2) is 5.78 Å². The molecule has 0 amide bonds. The van der Waals surface area contributed by atoms with Crippen LogP contribution < -0.4 is 9.46 Å². The number of Topliss-reactive ketones (excluding diaryl/α,β-unsaturated/α-hetero) is 1. The number of sulfonamides is 1. The molecule has 0 saturated heterocycles. The van der Waals surface area contributed by atoms with E-state index in [4.69, 9.17) is 4.74 Å².